The SMILES string of the molecule is O=C1CCN(C(=O)O)C1Cc1cccc(Br)c1F. The van der Waals surface area contributed by atoms with Gasteiger partial charge in [-0.3, -0.25) is 9.69 Å². The third-order valence-corrected chi connectivity index (χ3v) is 3.65. The Hall–Kier alpha value is -1.43. The van der Waals surface area contributed by atoms with Gasteiger partial charge in [0.1, 0.15) is 5.82 Å². The van der Waals surface area contributed by atoms with E-state index in [0.29, 0.717) is 10.0 Å². The molecule has 1 fully saturated rings. The lowest BCUT2D eigenvalue weighted by Gasteiger charge is -2.20. The number of Topliss-reactive ketones (excluding diaryl/α,β-unsaturated/α-hetero) is 1. The second-order valence-corrected chi connectivity index (χ2v) is 4.98. The van der Waals surface area contributed by atoms with Gasteiger partial charge >= 0.3 is 6.09 Å². The largest absolute Gasteiger partial charge is 0.465 e. The van der Waals surface area contributed by atoms with Gasteiger partial charge in [-0.15, -0.1) is 0 Å². The minimum Gasteiger partial charge on any atom is -0.465 e. The van der Waals surface area contributed by atoms with Crippen LogP contribution >= 0.6 is 15.9 Å². The summed E-state index contributed by atoms with van der Waals surface area (Å²) in [7, 11) is 0. The molecule has 0 radical (unpaired) electrons. The highest BCUT2D eigenvalue weighted by molar-refractivity contribution is 9.10. The van der Waals surface area contributed by atoms with E-state index in [1.165, 1.54) is 0 Å². The molecule has 1 aliphatic rings. The number of halogens is 2. The van der Waals surface area contributed by atoms with Crippen molar-refractivity contribution in [2.24, 2.45) is 0 Å². The molecule has 1 unspecified atom stereocenters. The van der Waals surface area contributed by atoms with Crippen LogP contribution in [0.1, 0.15) is 12.0 Å². The minimum atomic E-state index is -1.14. The first kappa shape index (κ1) is 13.0. The maximum atomic E-state index is 13.8. The lowest BCUT2D eigenvalue weighted by Crippen LogP contribution is -2.38. The van der Waals surface area contributed by atoms with E-state index in [4.69, 9.17) is 5.11 Å². The summed E-state index contributed by atoms with van der Waals surface area (Å²) < 4.78 is 14.1. The standard InChI is InChI=1S/C12H11BrFNO3/c13-8-3-1-2-7(11(8)14)6-9-10(16)4-5-15(9)12(17)18/h1-3,9H,4-6H2,(H,17,18). The number of carbonyl (C=O) groups excluding carboxylic acids is 1. The molecular formula is C12H11BrFNO3. The van der Waals surface area contributed by atoms with Crippen LogP contribution in [-0.2, 0) is 11.2 Å². The zero-order valence-corrected chi connectivity index (χ0v) is 11.0. The van der Waals surface area contributed by atoms with Crippen LogP contribution < -0.4 is 0 Å². The normalized spacial score (nSPS) is 19.3. The van der Waals surface area contributed by atoms with Crippen LogP contribution in [0.5, 0.6) is 0 Å². The molecule has 1 atom stereocenters. The van der Waals surface area contributed by atoms with E-state index in [-0.39, 0.29) is 25.2 Å². The Morgan fingerprint density at radius 2 is 2.28 bits per heavy atom. The van der Waals surface area contributed by atoms with Gasteiger partial charge in [-0.2, -0.15) is 0 Å². The number of carbonyl (C=O) groups is 2. The number of nitrogens with zero attached hydrogens (tertiary/aromatic N) is 1. The topological polar surface area (TPSA) is 57.6 Å². The van der Waals surface area contributed by atoms with Gasteiger partial charge in [0.2, 0.25) is 0 Å². The Morgan fingerprint density at radius 1 is 1.56 bits per heavy atom. The third kappa shape index (κ3) is 2.38. The van der Waals surface area contributed by atoms with Crippen LogP contribution in [0.3, 0.4) is 0 Å². The van der Waals surface area contributed by atoms with Gasteiger partial charge in [0, 0.05) is 19.4 Å². The lowest BCUT2D eigenvalue weighted by atomic mass is 10.0. The molecule has 0 bridgehead atoms. The molecule has 0 spiro atoms. The molecule has 6 heteroatoms. The van der Waals surface area contributed by atoms with Crippen LogP contribution in [0.2, 0.25) is 0 Å². The van der Waals surface area contributed by atoms with Crippen molar-refractivity contribution >= 4 is 27.8 Å². The number of carboxylic acid groups (broad SMARTS) is 1. The monoisotopic (exact) mass is 315 g/mol. The molecule has 18 heavy (non-hydrogen) atoms. The summed E-state index contributed by atoms with van der Waals surface area (Å²) in [6, 6.07) is 4.01. The maximum Gasteiger partial charge on any atom is 0.407 e. The molecule has 1 saturated heterocycles. The summed E-state index contributed by atoms with van der Waals surface area (Å²) in [4.78, 5) is 23.7. The average Bonchev–Trinajstić information content (AvgIpc) is 2.67. The number of likely N-dealkylation sites (tertiary alicyclic amines) is 1. The Kier molecular flexibility index (Phi) is 3.65. The van der Waals surface area contributed by atoms with Crippen molar-refractivity contribution in [3.8, 4) is 0 Å². The molecule has 1 aromatic carbocycles. The smallest absolute Gasteiger partial charge is 0.407 e. The summed E-state index contributed by atoms with van der Waals surface area (Å²) in [5.41, 5.74) is 0.343. The minimum absolute atomic E-state index is 0.0798. The zero-order chi connectivity index (χ0) is 13.3. The van der Waals surface area contributed by atoms with Crippen molar-refractivity contribution in [1.82, 2.24) is 4.90 Å². The average molecular weight is 316 g/mol. The molecule has 96 valence electrons. The van der Waals surface area contributed by atoms with Gasteiger partial charge in [-0.25, -0.2) is 9.18 Å². The Balaban J connectivity index is 2.24. The summed E-state index contributed by atoms with van der Waals surface area (Å²) in [6.07, 6.45) is -0.857. The Bertz CT molecular complexity index is 506. The molecule has 1 aliphatic heterocycles. The number of hydrogen-bond acceptors (Lipinski definition) is 2. The van der Waals surface area contributed by atoms with Crippen LogP contribution in [0.15, 0.2) is 22.7 Å². The molecule has 0 saturated carbocycles. The van der Waals surface area contributed by atoms with E-state index in [9.17, 15) is 14.0 Å². The molecule has 2 rings (SSSR count). The van der Waals surface area contributed by atoms with Crippen molar-refractivity contribution in [3.63, 3.8) is 0 Å². The van der Waals surface area contributed by atoms with Crippen molar-refractivity contribution < 1.29 is 19.1 Å². The molecule has 1 aromatic rings. The highest BCUT2D eigenvalue weighted by atomic mass is 79.9. The van der Waals surface area contributed by atoms with E-state index in [0.717, 1.165) is 4.90 Å². The van der Waals surface area contributed by atoms with Gasteiger partial charge in [0.25, 0.3) is 0 Å². The summed E-state index contributed by atoms with van der Waals surface area (Å²) in [5.74, 6) is -0.598. The highest BCUT2D eigenvalue weighted by Crippen LogP contribution is 2.23. The van der Waals surface area contributed by atoms with Gasteiger partial charge in [0.15, 0.2) is 5.78 Å². The lowest BCUT2D eigenvalue weighted by molar-refractivity contribution is -0.119. The van der Waals surface area contributed by atoms with Gasteiger partial charge in [-0.1, -0.05) is 12.1 Å². The Morgan fingerprint density at radius 3 is 2.94 bits per heavy atom. The predicted octanol–water partition coefficient (Wildman–Crippen LogP) is 2.45. The van der Waals surface area contributed by atoms with Crippen molar-refractivity contribution in [3.05, 3.63) is 34.1 Å². The van der Waals surface area contributed by atoms with Crippen LogP contribution in [0.4, 0.5) is 9.18 Å². The fourth-order valence-corrected chi connectivity index (χ4v) is 2.50. The first-order chi connectivity index (χ1) is 8.50. The van der Waals surface area contributed by atoms with Crippen molar-refractivity contribution in [2.75, 3.05) is 6.54 Å². The van der Waals surface area contributed by atoms with Gasteiger partial charge in [0.05, 0.1) is 10.5 Å². The van der Waals surface area contributed by atoms with Crippen LogP contribution in [0.25, 0.3) is 0 Å². The summed E-state index contributed by atoms with van der Waals surface area (Å²) in [6.45, 7) is 0.189. The van der Waals surface area contributed by atoms with E-state index in [2.05, 4.69) is 15.9 Å². The molecule has 0 aliphatic carbocycles. The van der Waals surface area contributed by atoms with Crippen molar-refractivity contribution in [2.45, 2.75) is 18.9 Å². The van der Waals surface area contributed by atoms with E-state index < -0.39 is 18.0 Å². The Labute approximate surface area is 112 Å². The fourth-order valence-electron chi connectivity index (χ4n) is 2.09. The fraction of sp³-hybridized carbons (Fsp3) is 0.333. The van der Waals surface area contributed by atoms with Crippen LogP contribution in [-0.4, -0.2) is 34.5 Å². The second kappa shape index (κ2) is 5.06. The van der Waals surface area contributed by atoms with E-state index in [1.54, 1.807) is 18.2 Å². The molecule has 0 aromatic heterocycles. The summed E-state index contributed by atoms with van der Waals surface area (Å²) in [5, 5.41) is 8.97. The molecule has 4 nitrogen and oxygen atoms in total. The number of ketones is 1. The van der Waals surface area contributed by atoms with Crippen LogP contribution in [0, 0.1) is 5.82 Å². The maximum absolute atomic E-state index is 13.8. The molecule has 1 amide bonds. The zero-order valence-electron chi connectivity index (χ0n) is 9.40. The number of rotatable bonds is 2. The first-order valence-electron chi connectivity index (χ1n) is 5.46. The molecule has 1 heterocycles. The number of benzene rings is 1. The van der Waals surface area contributed by atoms with Gasteiger partial charge < -0.3 is 5.11 Å². The predicted molar refractivity (Wildman–Crippen MR) is 65.9 cm³/mol. The second-order valence-electron chi connectivity index (χ2n) is 4.13. The van der Waals surface area contributed by atoms with E-state index in [1.807, 2.05) is 0 Å². The molecule has 1 N–H and O–H groups in total. The number of amides is 1. The number of hydrogen-bond donors (Lipinski definition) is 1. The van der Waals surface area contributed by atoms with E-state index >= 15 is 0 Å². The van der Waals surface area contributed by atoms with Gasteiger partial charge in [-0.05, 0) is 27.6 Å². The quantitative estimate of drug-likeness (QED) is 0.912. The highest BCUT2D eigenvalue weighted by Gasteiger charge is 2.36. The summed E-state index contributed by atoms with van der Waals surface area (Å²) >= 11 is 3.06. The first-order valence-corrected chi connectivity index (χ1v) is 6.25. The molecular weight excluding hydrogens is 305 g/mol. The third-order valence-electron chi connectivity index (χ3n) is 3.04. The van der Waals surface area contributed by atoms with Crippen molar-refractivity contribution in [1.29, 1.82) is 0 Å².